The van der Waals surface area contributed by atoms with E-state index in [4.69, 9.17) is 0 Å². The van der Waals surface area contributed by atoms with Crippen molar-refractivity contribution in [1.29, 1.82) is 0 Å². The van der Waals surface area contributed by atoms with Crippen LogP contribution in [0.25, 0.3) is 0 Å². The molecule has 1 saturated heterocycles. The van der Waals surface area contributed by atoms with Gasteiger partial charge < -0.3 is 9.80 Å². The summed E-state index contributed by atoms with van der Waals surface area (Å²) in [5.41, 5.74) is 3.17. The van der Waals surface area contributed by atoms with Gasteiger partial charge in [0.05, 0.1) is 16.2 Å². The second kappa shape index (κ2) is 7.30. The van der Waals surface area contributed by atoms with E-state index < -0.39 is 0 Å². The summed E-state index contributed by atoms with van der Waals surface area (Å²) in [6.45, 7) is 5.09. The molecule has 132 valence electrons. The molecule has 0 aliphatic carbocycles. The van der Waals surface area contributed by atoms with Crippen LogP contribution in [-0.4, -0.2) is 30.3 Å². The van der Waals surface area contributed by atoms with Gasteiger partial charge in [-0.25, -0.2) is 0 Å². The predicted octanol–water partition coefficient (Wildman–Crippen LogP) is 4.14. The largest absolute Gasteiger partial charge is 0.340 e. The van der Waals surface area contributed by atoms with Gasteiger partial charge in [0.15, 0.2) is 0 Å². The summed E-state index contributed by atoms with van der Waals surface area (Å²) in [6.07, 6.45) is 0.282. The van der Waals surface area contributed by atoms with Gasteiger partial charge in [-0.05, 0) is 59.1 Å². The molecular weight excluding hydrogens is 400 g/mol. The van der Waals surface area contributed by atoms with Crippen LogP contribution in [0, 0.1) is 19.8 Å². The number of carbonyl (C=O) groups is 2. The molecule has 2 amide bonds. The summed E-state index contributed by atoms with van der Waals surface area (Å²) < 4.78 is 1.06. The first-order chi connectivity index (χ1) is 11.9. The highest BCUT2D eigenvalue weighted by Gasteiger charge is 2.37. The molecule has 1 aliphatic rings. The van der Waals surface area contributed by atoms with Crippen molar-refractivity contribution >= 4 is 44.8 Å². The molecule has 0 spiro atoms. The minimum Gasteiger partial charge on any atom is -0.340 e. The van der Waals surface area contributed by atoms with Crippen molar-refractivity contribution < 1.29 is 9.59 Å². The number of aryl methyl sites for hydroxylation is 1. The van der Waals surface area contributed by atoms with Gasteiger partial charge in [-0.3, -0.25) is 9.59 Å². The second-order valence-electron chi connectivity index (χ2n) is 6.52. The lowest BCUT2D eigenvalue weighted by Crippen LogP contribution is -2.34. The van der Waals surface area contributed by atoms with E-state index in [0.717, 1.165) is 25.5 Å². The van der Waals surface area contributed by atoms with Gasteiger partial charge in [-0.1, -0.05) is 12.1 Å². The number of halogens is 1. The van der Waals surface area contributed by atoms with E-state index in [9.17, 15) is 9.59 Å². The average molecular weight is 421 g/mol. The zero-order valence-corrected chi connectivity index (χ0v) is 17.0. The Morgan fingerprint density at radius 3 is 2.76 bits per heavy atom. The summed E-state index contributed by atoms with van der Waals surface area (Å²) in [7, 11) is 1.81. The average Bonchev–Trinajstić information content (AvgIpc) is 3.15. The van der Waals surface area contributed by atoms with Gasteiger partial charge in [0.2, 0.25) is 11.8 Å². The van der Waals surface area contributed by atoms with Crippen molar-refractivity contribution in [1.82, 2.24) is 4.90 Å². The molecule has 3 rings (SSSR count). The Hall–Kier alpha value is -1.66. The van der Waals surface area contributed by atoms with Crippen LogP contribution in [0.4, 0.5) is 5.69 Å². The topological polar surface area (TPSA) is 40.6 Å². The number of anilines is 1. The molecule has 0 bridgehead atoms. The van der Waals surface area contributed by atoms with Crippen LogP contribution in [0.2, 0.25) is 0 Å². The van der Waals surface area contributed by atoms with Crippen molar-refractivity contribution in [3.63, 3.8) is 0 Å². The molecule has 4 nitrogen and oxygen atoms in total. The molecule has 2 aromatic rings. The molecular formula is C19H21BrN2O2S. The molecule has 0 radical (unpaired) electrons. The van der Waals surface area contributed by atoms with Crippen LogP contribution in [0.1, 0.15) is 22.4 Å². The Balaban J connectivity index is 1.71. The molecule has 1 aromatic heterocycles. The number of thiophene rings is 1. The third kappa shape index (κ3) is 3.80. The van der Waals surface area contributed by atoms with Crippen LogP contribution >= 0.6 is 27.3 Å². The van der Waals surface area contributed by atoms with Crippen molar-refractivity contribution in [3.8, 4) is 0 Å². The SMILES string of the molecule is Cc1cccc(N2C[C@@H](C(=O)N(C)Cc3ccc(Br)s3)CC2=O)c1C. The number of nitrogens with zero attached hydrogens (tertiary/aromatic N) is 2. The molecule has 2 heterocycles. The van der Waals surface area contributed by atoms with Gasteiger partial charge in [0, 0.05) is 30.6 Å². The molecule has 6 heteroatoms. The molecule has 1 aromatic carbocycles. The maximum absolute atomic E-state index is 12.8. The maximum atomic E-state index is 12.8. The molecule has 0 N–H and O–H groups in total. The van der Waals surface area contributed by atoms with E-state index >= 15 is 0 Å². The molecule has 25 heavy (non-hydrogen) atoms. The summed E-state index contributed by atoms with van der Waals surface area (Å²) in [5.74, 6) is -0.217. The van der Waals surface area contributed by atoms with E-state index in [1.807, 2.05) is 44.2 Å². The van der Waals surface area contributed by atoms with Gasteiger partial charge in [-0.2, -0.15) is 0 Å². The number of benzene rings is 1. The van der Waals surface area contributed by atoms with Gasteiger partial charge in [0.25, 0.3) is 0 Å². The van der Waals surface area contributed by atoms with Crippen LogP contribution in [0.5, 0.6) is 0 Å². The predicted molar refractivity (Wildman–Crippen MR) is 105 cm³/mol. The zero-order chi connectivity index (χ0) is 18.1. The first-order valence-electron chi connectivity index (χ1n) is 8.22. The zero-order valence-electron chi connectivity index (χ0n) is 14.6. The summed E-state index contributed by atoms with van der Waals surface area (Å²) >= 11 is 5.07. The Bertz CT molecular complexity index is 818. The van der Waals surface area contributed by atoms with E-state index in [2.05, 4.69) is 15.9 Å². The number of carbonyl (C=O) groups excluding carboxylic acids is 2. The van der Waals surface area contributed by atoms with Crippen molar-refractivity contribution in [2.75, 3.05) is 18.5 Å². The van der Waals surface area contributed by atoms with Crippen LogP contribution in [0.3, 0.4) is 0 Å². The summed E-state index contributed by atoms with van der Waals surface area (Å²) in [5, 5.41) is 0. The molecule has 1 aliphatic heterocycles. The fraction of sp³-hybridized carbons (Fsp3) is 0.368. The highest BCUT2D eigenvalue weighted by Crippen LogP contribution is 2.30. The third-order valence-corrected chi connectivity index (χ3v) is 6.35. The number of amides is 2. The maximum Gasteiger partial charge on any atom is 0.228 e. The van der Waals surface area contributed by atoms with Crippen LogP contribution in [0.15, 0.2) is 34.1 Å². The third-order valence-electron chi connectivity index (χ3n) is 4.74. The molecule has 0 unspecified atom stereocenters. The Morgan fingerprint density at radius 1 is 1.32 bits per heavy atom. The lowest BCUT2D eigenvalue weighted by molar-refractivity contribution is -0.135. The number of hydrogen-bond donors (Lipinski definition) is 0. The van der Waals surface area contributed by atoms with E-state index in [1.165, 1.54) is 0 Å². The van der Waals surface area contributed by atoms with Crippen molar-refractivity contribution in [2.45, 2.75) is 26.8 Å². The summed E-state index contributed by atoms with van der Waals surface area (Å²) in [4.78, 5) is 29.9. The monoisotopic (exact) mass is 420 g/mol. The van der Waals surface area contributed by atoms with E-state index in [1.54, 1.807) is 28.2 Å². The highest BCUT2D eigenvalue weighted by molar-refractivity contribution is 9.11. The fourth-order valence-corrected chi connectivity index (χ4v) is 4.73. The Labute approximate surface area is 160 Å². The first-order valence-corrected chi connectivity index (χ1v) is 9.83. The van der Waals surface area contributed by atoms with Crippen molar-refractivity contribution in [3.05, 3.63) is 50.1 Å². The Kier molecular flexibility index (Phi) is 5.29. The lowest BCUT2D eigenvalue weighted by atomic mass is 10.1. The quantitative estimate of drug-likeness (QED) is 0.745. The highest BCUT2D eigenvalue weighted by atomic mass is 79.9. The lowest BCUT2D eigenvalue weighted by Gasteiger charge is -2.22. The molecule has 1 atom stereocenters. The molecule has 0 saturated carbocycles. The summed E-state index contributed by atoms with van der Waals surface area (Å²) in [6, 6.07) is 9.95. The fourth-order valence-electron chi connectivity index (χ4n) is 3.19. The minimum absolute atomic E-state index is 0.0271. The second-order valence-corrected chi connectivity index (χ2v) is 9.07. The van der Waals surface area contributed by atoms with E-state index in [-0.39, 0.29) is 24.2 Å². The Morgan fingerprint density at radius 2 is 2.08 bits per heavy atom. The normalized spacial score (nSPS) is 17.2. The first kappa shape index (κ1) is 18.1. The number of hydrogen-bond acceptors (Lipinski definition) is 3. The van der Waals surface area contributed by atoms with Crippen LogP contribution < -0.4 is 4.90 Å². The van der Waals surface area contributed by atoms with E-state index in [0.29, 0.717) is 13.1 Å². The number of rotatable bonds is 4. The van der Waals surface area contributed by atoms with Gasteiger partial charge in [0.1, 0.15) is 0 Å². The standard InChI is InChI=1S/C19H21BrN2O2S/c1-12-5-4-6-16(13(12)2)22-10-14(9-18(22)23)19(24)21(3)11-15-7-8-17(20)25-15/h4-8,14H,9-11H2,1-3H3/t14-/m0/s1. The van der Waals surface area contributed by atoms with Gasteiger partial charge in [-0.15, -0.1) is 11.3 Å². The van der Waals surface area contributed by atoms with Crippen LogP contribution in [-0.2, 0) is 16.1 Å². The van der Waals surface area contributed by atoms with Crippen molar-refractivity contribution in [2.24, 2.45) is 5.92 Å². The minimum atomic E-state index is -0.277. The van der Waals surface area contributed by atoms with Gasteiger partial charge >= 0.3 is 0 Å². The molecule has 1 fully saturated rings. The smallest absolute Gasteiger partial charge is 0.228 e.